The molecule has 0 unspecified atom stereocenters. The minimum atomic E-state index is -0.000517. The van der Waals surface area contributed by atoms with Gasteiger partial charge >= 0.3 is 0 Å². The van der Waals surface area contributed by atoms with Gasteiger partial charge in [0.25, 0.3) is 0 Å². The van der Waals surface area contributed by atoms with Crippen LogP contribution in [0.2, 0.25) is 0 Å². The van der Waals surface area contributed by atoms with Gasteiger partial charge < -0.3 is 4.90 Å². The van der Waals surface area contributed by atoms with Gasteiger partial charge in [0.2, 0.25) is 0 Å². The molecule has 2 heterocycles. The molecule has 2 aromatic heterocycles. The van der Waals surface area contributed by atoms with Gasteiger partial charge in [-0.1, -0.05) is 19.9 Å². The van der Waals surface area contributed by atoms with Crippen molar-refractivity contribution < 1.29 is 4.79 Å². The molecule has 0 saturated heterocycles. The molecule has 130 valence electrons. The van der Waals surface area contributed by atoms with Crippen LogP contribution in [0.4, 0.5) is 5.82 Å². The number of aromatic nitrogens is 4. The number of nitrogens with one attached hydrogen (secondary N) is 1. The number of carbonyl (C=O) groups excluding carboxylic acids is 1. The molecule has 0 fully saturated rings. The predicted octanol–water partition coefficient (Wildman–Crippen LogP) is 3.40. The van der Waals surface area contributed by atoms with Crippen molar-refractivity contribution in [3.63, 3.8) is 0 Å². The molecule has 0 aliphatic heterocycles. The van der Waals surface area contributed by atoms with E-state index in [-0.39, 0.29) is 5.78 Å². The van der Waals surface area contributed by atoms with Crippen LogP contribution in [0.25, 0.3) is 10.9 Å². The molecule has 6 nitrogen and oxygen atoms in total. The maximum atomic E-state index is 12.6. The zero-order chi connectivity index (χ0) is 17.6. The van der Waals surface area contributed by atoms with E-state index in [4.69, 9.17) is 0 Å². The average molecular weight is 337 g/mol. The number of hydrogen-bond donors (Lipinski definition) is 1. The summed E-state index contributed by atoms with van der Waals surface area (Å²) >= 11 is 0. The Balaban J connectivity index is 1.78. The van der Waals surface area contributed by atoms with Gasteiger partial charge in [-0.15, -0.1) is 0 Å². The van der Waals surface area contributed by atoms with Crippen molar-refractivity contribution in [1.29, 1.82) is 0 Å². The number of H-pyrrole nitrogens is 1. The Morgan fingerprint density at radius 2 is 1.92 bits per heavy atom. The van der Waals surface area contributed by atoms with Crippen LogP contribution in [0, 0.1) is 0 Å². The van der Waals surface area contributed by atoms with E-state index in [1.165, 1.54) is 6.33 Å². The van der Waals surface area contributed by atoms with E-state index < -0.39 is 0 Å². The van der Waals surface area contributed by atoms with Crippen LogP contribution < -0.4 is 4.90 Å². The van der Waals surface area contributed by atoms with Crippen molar-refractivity contribution in [1.82, 2.24) is 20.2 Å². The highest BCUT2D eigenvalue weighted by Gasteiger charge is 2.13. The van der Waals surface area contributed by atoms with Crippen molar-refractivity contribution in [2.45, 2.75) is 33.1 Å². The molecule has 0 spiro atoms. The van der Waals surface area contributed by atoms with Crippen LogP contribution in [-0.2, 0) is 6.42 Å². The largest absolute Gasteiger partial charge is 0.357 e. The standard InChI is InChI=1S/C19H23N5O/c1-3-7-24(8-4-2)19-11-17(20-13-21-19)18(25)10-14-5-6-16-15(9-14)12-22-23-16/h5-6,9,11-13H,3-4,7-8,10H2,1-2H3,(H,22,23). The Morgan fingerprint density at radius 1 is 1.12 bits per heavy atom. The van der Waals surface area contributed by atoms with Gasteiger partial charge in [0.15, 0.2) is 5.78 Å². The van der Waals surface area contributed by atoms with Crippen molar-refractivity contribution in [2.24, 2.45) is 0 Å². The predicted molar refractivity (Wildman–Crippen MR) is 99.0 cm³/mol. The SMILES string of the molecule is CCCN(CCC)c1cc(C(=O)Cc2ccc3[nH]ncc3c2)ncn1. The smallest absolute Gasteiger partial charge is 0.185 e. The van der Waals surface area contributed by atoms with Crippen LogP contribution in [0.1, 0.15) is 42.7 Å². The third-order valence-corrected chi connectivity index (χ3v) is 4.12. The lowest BCUT2D eigenvalue weighted by atomic mass is 10.1. The van der Waals surface area contributed by atoms with Gasteiger partial charge in [0, 0.05) is 31.0 Å². The summed E-state index contributed by atoms with van der Waals surface area (Å²) in [5.74, 6) is 0.826. The quantitative estimate of drug-likeness (QED) is 0.638. The fourth-order valence-corrected chi connectivity index (χ4v) is 2.93. The highest BCUT2D eigenvalue weighted by molar-refractivity contribution is 5.96. The summed E-state index contributed by atoms with van der Waals surface area (Å²) in [6.07, 6.45) is 5.65. The van der Waals surface area contributed by atoms with E-state index in [1.54, 1.807) is 6.20 Å². The van der Waals surface area contributed by atoms with Crippen LogP contribution in [0.15, 0.2) is 36.8 Å². The minimum absolute atomic E-state index is 0.000517. The molecule has 0 atom stereocenters. The Labute approximate surface area is 147 Å². The minimum Gasteiger partial charge on any atom is -0.357 e. The van der Waals surface area contributed by atoms with Crippen LogP contribution in [0.5, 0.6) is 0 Å². The number of ketones is 1. The normalized spacial score (nSPS) is 11.0. The zero-order valence-corrected chi connectivity index (χ0v) is 14.7. The Kier molecular flexibility index (Phi) is 5.38. The highest BCUT2D eigenvalue weighted by Crippen LogP contribution is 2.17. The topological polar surface area (TPSA) is 74.8 Å². The van der Waals surface area contributed by atoms with E-state index in [9.17, 15) is 4.79 Å². The number of fused-ring (bicyclic) bond motifs is 1. The molecular formula is C19H23N5O. The van der Waals surface area contributed by atoms with E-state index in [0.29, 0.717) is 12.1 Å². The Morgan fingerprint density at radius 3 is 2.68 bits per heavy atom. The summed E-state index contributed by atoms with van der Waals surface area (Å²) in [6, 6.07) is 7.69. The molecule has 25 heavy (non-hydrogen) atoms. The molecule has 6 heteroatoms. The van der Waals surface area contributed by atoms with Gasteiger partial charge in [0.1, 0.15) is 17.8 Å². The van der Waals surface area contributed by atoms with Gasteiger partial charge in [0.05, 0.1) is 11.7 Å². The number of hydrogen-bond acceptors (Lipinski definition) is 5. The van der Waals surface area contributed by atoms with Gasteiger partial charge in [-0.2, -0.15) is 5.10 Å². The lowest BCUT2D eigenvalue weighted by molar-refractivity contribution is 0.0988. The molecule has 0 saturated carbocycles. The summed E-state index contributed by atoms with van der Waals surface area (Å²) in [4.78, 5) is 23.4. The van der Waals surface area contributed by atoms with Crippen molar-refractivity contribution in [3.8, 4) is 0 Å². The monoisotopic (exact) mass is 337 g/mol. The molecule has 0 bridgehead atoms. The van der Waals surface area contributed by atoms with Gasteiger partial charge in [-0.25, -0.2) is 9.97 Å². The lowest BCUT2D eigenvalue weighted by Gasteiger charge is -2.22. The molecule has 3 rings (SSSR count). The first-order chi connectivity index (χ1) is 12.2. The molecule has 0 aliphatic rings. The van der Waals surface area contributed by atoms with Crippen molar-refractivity contribution in [2.75, 3.05) is 18.0 Å². The third-order valence-electron chi connectivity index (χ3n) is 4.12. The first-order valence-electron chi connectivity index (χ1n) is 8.73. The molecule has 0 radical (unpaired) electrons. The fourth-order valence-electron chi connectivity index (χ4n) is 2.93. The van der Waals surface area contributed by atoms with Crippen molar-refractivity contribution in [3.05, 3.63) is 48.0 Å². The molecule has 3 aromatic rings. The Hall–Kier alpha value is -2.76. The van der Waals surface area contributed by atoms with Crippen LogP contribution in [-0.4, -0.2) is 39.0 Å². The number of rotatable bonds is 8. The van der Waals surface area contributed by atoms with Crippen LogP contribution in [0.3, 0.4) is 0 Å². The summed E-state index contributed by atoms with van der Waals surface area (Å²) in [5, 5.41) is 7.93. The number of Topliss-reactive ketones (excluding diaryl/α,β-unsaturated/α-hetero) is 1. The van der Waals surface area contributed by atoms with E-state index >= 15 is 0 Å². The van der Waals surface area contributed by atoms with Gasteiger partial charge in [-0.05, 0) is 30.5 Å². The molecule has 1 aromatic carbocycles. The van der Waals surface area contributed by atoms with Gasteiger partial charge in [-0.3, -0.25) is 9.89 Å². The average Bonchev–Trinajstić information content (AvgIpc) is 3.09. The third kappa shape index (κ3) is 4.02. The second kappa shape index (κ2) is 7.88. The lowest BCUT2D eigenvalue weighted by Crippen LogP contribution is -2.26. The van der Waals surface area contributed by atoms with E-state index in [0.717, 1.165) is 48.2 Å². The number of anilines is 1. The first-order valence-corrected chi connectivity index (χ1v) is 8.73. The second-order valence-corrected chi connectivity index (χ2v) is 6.14. The number of carbonyl (C=O) groups is 1. The molecule has 1 N–H and O–H groups in total. The zero-order valence-electron chi connectivity index (χ0n) is 14.7. The highest BCUT2D eigenvalue weighted by atomic mass is 16.1. The number of nitrogens with zero attached hydrogens (tertiary/aromatic N) is 4. The summed E-state index contributed by atoms with van der Waals surface area (Å²) < 4.78 is 0. The van der Waals surface area contributed by atoms with Crippen molar-refractivity contribution >= 4 is 22.5 Å². The number of aromatic amines is 1. The fraction of sp³-hybridized carbons (Fsp3) is 0.368. The van der Waals surface area contributed by atoms with E-state index in [1.807, 2.05) is 24.3 Å². The molecular weight excluding hydrogens is 314 g/mol. The van der Waals surface area contributed by atoms with Crippen LogP contribution >= 0.6 is 0 Å². The molecule has 0 amide bonds. The summed E-state index contributed by atoms with van der Waals surface area (Å²) in [7, 11) is 0. The number of benzene rings is 1. The Bertz CT molecular complexity index is 852. The maximum Gasteiger partial charge on any atom is 0.185 e. The second-order valence-electron chi connectivity index (χ2n) is 6.14. The van der Waals surface area contributed by atoms with E-state index in [2.05, 4.69) is 38.9 Å². The summed E-state index contributed by atoms with van der Waals surface area (Å²) in [6.45, 7) is 6.13. The molecule has 0 aliphatic carbocycles. The summed E-state index contributed by atoms with van der Waals surface area (Å²) in [5.41, 5.74) is 2.39. The first kappa shape index (κ1) is 17.1. The maximum absolute atomic E-state index is 12.6.